The molecule has 3 rings (SSSR count). The second-order valence-corrected chi connectivity index (χ2v) is 6.80. The monoisotopic (exact) mass is 322 g/mol. The van der Waals surface area contributed by atoms with E-state index in [1.807, 2.05) is 12.3 Å². The molecular formula is C13H16BBrN2O2. The fraction of sp³-hybridized carbons (Fsp3) is 0.462. The maximum absolute atomic E-state index is 6.07. The topological polar surface area (TPSA) is 47.1 Å². The van der Waals surface area contributed by atoms with E-state index in [4.69, 9.17) is 9.31 Å². The molecule has 4 nitrogen and oxygen atoms in total. The van der Waals surface area contributed by atoms with E-state index in [0.717, 1.165) is 21.0 Å². The SMILES string of the molecule is CC1(C)OB(c2c[nH]c3ncc(Br)cc23)OC1(C)C. The van der Waals surface area contributed by atoms with Crippen LogP contribution in [0.1, 0.15) is 27.7 Å². The summed E-state index contributed by atoms with van der Waals surface area (Å²) < 4.78 is 13.1. The standard InChI is InChI=1S/C13H16BBrN2O2/c1-12(2)13(3,4)19-14(18-12)10-7-17-11-9(10)5-8(15)6-16-11/h5-7H,1-4H3,(H,16,17). The smallest absolute Gasteiger partial charge is 0.399 e. The first-order chi connectivity index (χ1) is 8.80. The molecule has 6 heteroatoms. The van der Waals surface area contributed by atoms with Crippen LogP contribution in [0.3, 0.4) is 0 Å². The molecule has 0 radical (unpaired) electrons. The molecule has 1 aliphatic heterocycles. The van der Waals surface area contributed by atoms with E-state index in [-0.39, 0.29) is 18.3 Å². The minimum atomic E-state index is -0.366. The number of halogens is 1. The summed E-state index contributed by atoms with van der Waals surface area (Å²) in [4.78, 5) is 7.49. The van der Waals surface area contributed by atoms with Crippen LogP contribution in [0.15, 0.2) is 22.9 Å². The van der Waals surface area contributed by atoms with Crippen molar-refractivity contribution in [2.45, 2.75) is 38.9 Å². The number of nitrogens with zero attached hydrogens (tertiary/aromatic N) is 1. The van der Waals surface area contributed by atoms with Gasteiger partial charge in [0.1, 0.15) is 5.65 Å². The number of aromatic nitrogens is 2. The van der Waals surface area contributed by atoms with Crippen LogP contribution in [-0.4, -0.2) is 28.3 Å². The normalized spacial score (nSPS) is 21.2. The van der Waals surface area contributed by atoms with Crippen molar-refractivity contribution in [3.63, 3.8) is 0 Å². The average Bonchev–Trinajstić information content (AvgIpc) is 2.77. The summed E-state index contributed by atoms with van der Waals surface area (Å²) in [6.45, 7) is 8.21. The Morgan fingerprint density at radius 2 is 1.84 bits per heavy atom. The van der Waals surface area contributed by atoms with Crippen LogP contribution in [0.25, 0.3) is 11.0 Å². The highest BCUT2D eigenvalue weighted by Crippen LogP contribution is 2.37. The quantitative estimate of drug-likeness (QED) is 0.821. The van der Waals surface area contributed by atoms with Gasteiger partial charge in [-0.15, -0.1) is 0 Å². The second-order valence-electron chi connectivity index (χ2n) is 5.88. The van der Waals surface area contributed by atoms with Crippen molar-refractivity contribution in [1.82, 2.24) is 9.97 Å². The van der Waals surface area contributed by atoms with Gasteiger partial charge in [-0.3, -0.25) is 0 Å². The van der Waals surface area contributed by atoms with Crippen LogP contribution in [0.5, 0.6) is 0 Å². The number of hydrogen-bond acceptors (Lipinski definition) is 3. The lowest BCUT2D eigenvalue weighted by molar-refractivity contribution is 0.00578. The molecular weight excluding hydrogens is 307 g/mol. The highest BCUT2D eigenvalue weighted by molar-refractivity contribution is 9.10. The van der Waals surface area contributed by atoms with Crippen LogP contribution in [-0.2, 0) is 9.31 Å². The van der Waals surface area contributed by atoms with Crippen molar-refractivity contribution in [2.75, 3.05) is 0 Å². The van der Waals surface area contributed by atoms with Crippen molar-refractivity contribution in [3.05, 3.63) is 22.9 Å². The number of aromatic amines is 1. The molecule has 1 N–H and O–H groups in total. The predicted octanol–water partition coefficient (Wildman–Crippen LogP) is 2.62. The van der Waals surface area contributed by atoms with Gasteiger partial charge in [-0.1, -0.05) is 0 Å². The van der Waals surface area contributed by atoms with Crippen molar-refractivity contribution in [3.8, 4) is 0 Å². The van der Waals surface area contributed by atoms with E-state index in [1.165, 1.54) is 0 Å². The van der Waals surface area contributed by atoms with E-state index in [2.05, 4.69) is 53.6 Å². The molecule has 0 aliphatic carbocycles. The summed E-state index contributed by atoms with van der Waals surface area (Å²) in [5.41, 5.74) is 1.16. The zero-order valence-electron chi connectivity index (χ0n) is 11.5. The first kappa shape index (κ1) is 13.2. The first-order valence-corrected chi connectivity index (χ1v) is 7.08. The van der Waals surface area contributed by atoms with Gasteiger partial charge in [0.2, 0.25) is 0 Å². The van der Waals surface area contributed by atoms with E-state index in [0.29, 0.717) is 0 Å². The van der Waals surface area contributed by atoms with Crippen molar-refractivity contribution < 1.29 is 9.31 Å². The van der Waals surface area contributed by atoms with Gasteiger partial charge in [-0.2, -0.15) is 0 Å². The molecule has 0 atom stereocenters. The van der Waals surface area contributed by atoms with Gasteiger partial charge in [-0.05, 0) is 49.7 Å². The van der Waals surface area contributed by atoms with Gasteiger partial charge in [0.05, 0.1) is 11.2 Å². The number of fused-ring (bicyclic) bond motifs is 1. The molecule has 100 valence electrons. The van der Waals surface area contributed by atoms with Crippen molar-refractivity contribution >= 4 is 39.5 Å². The van der Waals surface area contributed by atoms with Gasteiger partial charge in [0.15, 0.2) is 0 Å². The molecule has 2 aromatic heterocycles. The van der Waals surface area contributed by atoms with Crippen molar-refractivity contribution in [1.29, 1.82) is 0 Å². The molecule has 19 heavy (non-hydrogen) atoms. The zero-order chi connectivity index (χ0) is 13.8. The maximum atomic E-state index is 6.07. The Balaban J connectivity index is 2.05. The Hall–Kier alpha value is -0.845. The van der Waals surface area contributed by atoms with Crippen LogP contribution >= 0.6 is 15.9 Å². The molecule has 0 bridgehead atoms. The Morgan fingerprint density at radius 3 is 2.47 bits per heavy atom. The molecule has 0 spiro atoms. The van der Waals surface area contributed by atoms with Gasteiger partial charge < -0.3 is 14.3 Å². The molecule has 1 fully saturated rings. The molecule has 0 amide bonds. The minimum Gasteiger partial charge on any atom is -0.399 e. The van der Waals surface area contributed by atoms with Crippen molar-refractivity contribution in [2.24, 2.45) is 0 Å². The molecule has 2 aromatic rings. The van der Waals surface area contributed by atoms with Gasteiger partial charge in [0.25, 0.3) is 0 Å². The maximum Gasteiger partial charge on any atom is 0.497 e. The fourth-order valence-electron chi connectivity index (χ4n) is 2.16. The second kappa shape index (κ2) is 4.07. The highest BCUT2D eigenvalue weighted by atomic mass is 79.9. The lowest BCUT2D eigenvalue weighted by Gasteiger charge is -2.32. The van der Waals surface area contributed by atoms with Crippen LogP contribution < -0.4 is 5.46 Å². The lowest BCUT2D eigenvalue weighted by Crippen LogP contribution is -2.41. The first-order valence-electron chi connectivity index (χ1n) is 6.28. The number of nitrogens with one attached hydrogen (secondary N) is 1. The summed E-state index contributed by atoms with van der Waals surface area (Å²) in [6, 6.07) is 2.03. The largest absolute Gasteiger partial charge is 0.497 e. The fourth-order valence-corrected chi connectivity index (χ4v) is 2.49. The van der Waals surface area contributed by atoms with Crippen LogP contribution in [0, 0.1) is 0 Å². The zero-order valence-corrected chi connectivity index (χ0v) is 13.0. The van der Waals surface area contributed by atoms with E-state index >= 15 is 0 Å². The number of pyridine rings is 1. The summed E-state index contributed by atoms with van der Waals surface area (Å²) >= 11 is 3.45. The molecule has 1 saturated heterocycles. The average molecular weight is 323 g/mol. The number of hydrogen-bond donors (Lipinski definition) is 1. The number of rotatable bonds is 1. The van der Waals surface area contributed by atoms with Gasteiger partial charge in [-0.25, -0.2) is 4.98 Å². The summed E-state index contributed by atoms with van der Waals surface area (Å²) in [6.07, 6.45) is 3.68. The van der Waals surface area contributed by atoms with E-state index in [1.54, 1.807) is 6.20 Å². The lowest BCUT2D eigenvalue weighted by atomic mass is 9.79. The Bertz CT molecular complexity index is 623. The van der Waals surface area contributed by atoms with E-state index in [9.17, 15) is 0 Å². The third-order valence-corrected chi connectivity index (χ3v) is 4.47. The Kier molecular flexibility index (Phi) is 2.82. The third-order valence-electron chi connectivity index (χ3n) is 4.04. The molecule has 1 aliphatic rings. The van der Waals surface area contributed by atoms with Crippen LogP contribution in [0.4, 0.5) is 0 Å². The molecule has 0 aromatic carbocycles. The molecule has 0 unspecified atom stereocenters. The minimum absolute atomic E-state index is 0.333. The molecule has 0 saturated carbocycles. The highest BCUT2D eigenvalue weighted by Gasteiger charge is 2.52. The van der Waals surface area contributed by atoms with E-state index < -0.39 is 0 Å². The predicted molar refractivity (Wildman–Crippen MR) is 79.5 cm³/mol. The summed E-state index contributed by atoms with van der Waals surface area (Å²) in [5.74, 6) is 0. The summed E-state index contributed by atoms with van der Waals surface area (Å²) in [5, 5.41) is 1.02. The number of H-pyrrole nitrogens is 1. The van der Waals surface area contributed by atoms with Crippen LogP contribution in [0.2, 0.25) is 0 Å². The third kappa shape index (κ3) is 2.02. The Morgan fingerprint density at radius 1 is 1.21 bits per heavy atom. The summed E-state index contributed by atoms with van der Waals surface area (Å²) in [7, 11) is -0.366. The van der Waals surface area contributed by atoms with Gasteiger partial charge >= 0.3 is 7.12 Å². The molecule has 3 heterocycles. The van der Waals surface area contributed by atoms with Gasteiger partial charge in [0, 0.05) is 27.7 Å². The Labute approximate surface area is 121 Å².